The molecule has 0 bridgehead atoms. The number of aromatic nitrogens is 3. The van der Waals surface area contributed by atoms with Gasteiger partial charge >= 0.3 is 11.9 Å². The molecule has 0 atom stereocenters. The fourth-order valence-corrected chi connectivity index (χ4v) is 1.47. The zero-order valence-corrected chi connectivity index (χ0v) is 9.31. The molecule has 92 valence electrons. The van der Waals surface area contributed by atoms with Crippen molar-refractivity contribution in [1.82, 2.24) is 14.8 Å². The molecule has 1 aromatic carbocycles. The smallest absolute Gasteiger partial charge is 0.460 e. The molecule has 0 aliphatic heterocycles. The number of esters is 1. The molecular weight excluding hydrogens is 240 g/mol. The Morgan fingerprint density at radius 1 is 1.44 bits per heavy atom. The average molecular weight is 248 g/mol. The van der Waals surface area contributed by atoms with Crippen LogP contribution in [0.5, 0.6) is 0 Å². The molecule has 2 aromatic rings. The third kappa shape index (κ3) is 1.90. The summed E-state index contributed by atoms with van der Waals surface area (Å²) in [6.45, 7) is 0. The molecule has 0 radical (unpaired) electrons. The van der Waals surface area contributed by atoms with Gasteiger partial charge in [0.05, 0.1) is 7.11 Å². The number of carbonyl (C=O) groups is 1. The normalized spacial score (nSPS) is 10.1. The molecular formula is C10H8N4O4. The summed E-state index contributed by atoms with van der Waals surface area (Å²) < 4.78 is 5.58. The number of methoxy groups -OCH3 is 1. The lowest BCUT2D eigenvalue weighted by Gasteiger charge is -2.04. The molecule has 0 spiro atoms. The molecule has 1 heterocycles. The van der Waals surface area contributed by atoms with E-state index in [0.717, 1.165) is 11.0 Å². The van der Waals surface area contributed by atoms with Gasteiger partial charge in [0.25, 0.3) is 0 Å². The minimum atomic E-state index is -0.680. The van der Waals surface area contributed by atoms with Crippen molar-refractivity contribution in [3.05, 3.63) is 46.3 Å². The number of para-hydroxylation sites is 1. The van der Waals surface area contributed by atoms with Crippen LogP contribution in [0.3, 0.4) is 0 Å². The van der Waals surface area contributed by atoms with E-state index in [1.165, 1.54) is 19.2 Å². The molecule has 0 amide bonds. The Hall–Kier alpha value is -2.77. The van der Waals surface area contributed by atoms with Crippen molar-refractivity contribution in [2.45, 2.75) is 0 Å². The Labute approximate surface area is 101 Å². The molecule has 0 saturated heterocycles. The van der Waals surface area contributed by atoms with E-state index in [1.54, 1.807) is 12.1 Å². The van der Waals surface area contributed by atoms with E-state index in [0.29, 0.717) is 0 Å². The van der Waals surface area contributed by atoms with Gasteiger partial charge in [0.1, 0.15) is 11.3 Å². The van der Waals surface area contributed by atoms with Crippen molar-refractivity contribution in [3.8, 4) is 5.69 Å². The van der Waals surface area contributed by atoms with E-state index in [1.807, 2.05) is 0 Å². The highest BCUT2D eigenvalue weighted by Crippen LogP contribution is 2.19. The maximum Gasteiger partial charge on any atom is 0.460 e. The number of ether oxygens (including phenoxy) is 1. The fraction of sp³-hybridized carbons (Fsp3) is 0.100. The Morgan fingerprint density at radius 2 is 2.17 bits per heavy atom. The van der Waals surface area contributed by atoms with Gasteiger partial charge in [-0.2, -0.15) is 0 Å². The summed E-state index contributed by atoms with van der Waals surface area (Å²) >= 11 is 0. The van der Waals surface area contributed by atoms with Crippen molar-refractivity contribution in [3.63, 3.8) is 0 Å². The summed E-state index contributed by atoms with van der Waals surface area (Å²) in [7, 11) is 1.23. The quantitative estimate of drug-likeness (QED) is 0.455. The lowest BCUT2D eigenvalue weighted by atomic mass is 10.2. The number of hydrogen-bond donors (Lipinski definition) is 0. The highest BCUT2D eigenvalue weighted by molar-refractivity contribution is 5.93. The van der Waals surface area contributed by atoms with Gasteiger partial charge in [-0.25, -0.2) is 4.79 Å². The van der Waals surface area contributed by atoms with E-state index < -0.39 is 16.8 Å². The van der Waals surface area contributed by atoms with Gasteiger partial charge in [-0.3, -0.25) is 0 Å². The van der Waals surface area contributed by atoms with E-state index in [2.05, 4.69) is 14.8 Å². The van der Waals surface area contributed by atoms with Crippen LogP contribution >= 0.6 is 0 Å². The summed E-state index contributed by atoms with van der Waals surface area (Å²) in [6.07, 6.45) is 1.05. The molecule has 0 aliphatic rings. The zero-order chi connectivity index (χ0) is 13.1. The van der Waals surface area contributed by atoms with E-state index in [9.17, 15) is 14.9 Å². The number of nitrogens with zero attached hydrogens (tertiary/aromatic N) is 4. The molecule has 1 aromatic heterocycles. The molecule has 0 N–H and O–H groups in total. The van der Waals surface area contributed by atoms with Crippen LogP contribution in [0.25, 0.3) is 5.69 Å². The highest BCUT2D eigenvalue weighted by Gasteiger charge is 2.23. The van der Waals surface area contributed by atoms with Crippen molar-refractivity contribution in [2.75, 3.05) is 7.11 Å². The topological polar surface area (TPSA) is 100 Å². The van der Waals surface area contributed by atoms with Gasteiger partial charge in [0.15, 0.2) is 0 Å². The summed E-state index contributed by atoms with van der Waals surface area (Å²) in [5, 5.41) is 14.5. The number of rotatable bonds is 3. The molecule has 18 heavy (non-hydrogen) atoms. The van der Waals surface area contributed by atoms with Crippen LogP contribution in [0.15, 0.2) is 30.6 Å². The number of nitro groups is 1. The van der Waals surface area contributed by atoms with Crippen molar-refractivity contribution < 1.29 is 14.5 Å². The third-order valence-electron chi connectivity index (χ3n) is 2.23. The van der Waals surface area contributed by atoms with Crippen LogP contribution in [-0.2, 0) is 4.74 Å². The average Bonchev–Trinajstić information content (AvgIpc) is 2.87. The molecule has 0 unspecified atom stereocenters. The largest absolute Gasteiger partial charge is 0.465 e. The minimum absolute atomic E-state index is 0.175. The first-order valence-corrected chi connectivity index (χ1v) is 4.87. The SMILES string of the molecule is COC(=O)c1ccccc1-n1ncnc1[N+](=O)[O-]. The number of benzene rings is 1. The maximum atomic E-state index is 11.6. The molecule has 8 nitrogen and oxygen atoms in total. The highest BCUT2D eigenvalue weighted by atomic mass is 16.6. The third-order valence-corrected chi connectivity index (χ3v) is 2.23. The summed E-state index contributed by atoms with van der Waals surface area (Å²) in [6, 6.07) is 6.27. The number of hydrogen-bond acceptors (Lipinski definition) is 6. The van der Waals surface area contributed by atoms with Crippen LogP contribution in [0, 0.1) is 10.1 Å². The van der Waals surface area contributed by atoms with Crippen molar-refractivity contribution in [1.29, 1.82) is 0 Å². The van der Waals surface area contributed by atoms with Crippen LogP contribution < -0.4 is 0 Å². The second kappa shape index (κ2) is 4.62. The molecule has 2 rings (SSSR count). The maximum absolute atomic E-state index is 11.6. The monoisotopic (exact) mass is 248 g/mol. The Bertz CT molecular complexity index is 607. The van der Waals surface area contributed by atoms with Crippen LogP contribution in [0.4, 0.5) is 5.95 Å². The van der Waals surface area contributed by atoms with Crippen molar-refractivity contribution in [2.24, 2.45) is 0 Å². The molecule has 0 aliphatic carbocycles. The lowest BCUT2D eigenvalue weighted by molar-refractivity contribution is -0.396. The van der Waals surface area contributed by atoms with Gasteiger partial charge in [-0.15, -0.1) is 0 Å². The Balaban J connectivity index is 2.60. The molecule has 0 fully saturated rings. The standard InChI is InChI=1S/C10H8N4O4/c1-18-9(15)7-4-2-3-5-8(7)13-10(14(16)17)11-6-12-13/h2-6H,1H3. The second-order valence-electron chi connectivity index (χ2n) is 3.24. The second-order valence-corrected chi connectivity index (χ2v) is 3.24. The summed E-state index contributed by atoms with van der Waals surface area (Å²) in [5.74, 6) is -1.07. The zero-order valence-electron chi connectivity index (χ0n) is 9.31. The van der Waals surface area contributed by atoms with Crippen LogP contribution in [-0.4, -0.2) is 32.8 Å². The van der Waals surface area contributed by atoms with Gasteiger partial charge in [0, 0.05) is 0 Å². The Kier molecular flexibility index (Phi) is 3.00. The predicted molar refractivity (Wildman–Crippen MR) is 59.4 cm³/mol. The van der Waals surface area contributed by atoms with Gasteiger partial charge in [-0.05, 0) is 17.1 Å². The molecule has 8 heteroatoms. The van der Waals surface area contributed by atoms with E-state index in [4.69, 9.17) is 0 Å². The number of carbonyl (C=O) groups excluding carboxylic acids is 1. The first-order chi connectivity index (χ1) is 8.65. The van der Waals surface area contributed by atoms with Crippen LogP contribution in [0.2, 0.25) is 0 Å². The Morgan fingerprint density at radius 3 is 2.83 bits per heavy atom. The first kappa shape index (κ1) is 11.7. The van der Waals surface area contributed by atoms with E-state index >= 15 is 0 Å². The molecule has 0 saturated carbocycles. The summed E-state index contributed by atoms with van der Waals surface area (Å²) in [5.41, 5.74) is 0.419. The van der Waals surface area contributed by atoms with Gasteiger partial charge < -0.3 is 14.9 Å². The van der Waals surface area contributed by atoms with Gasteiger partial charge in [-0.1, -0.05) is 26.9 Å². The van der Waals surface area contributed by atoms with Crippen LogP contribution in [0.1, 0.15) is 10.4 Å². The fourth-order valence-electron chi connectivity index (χ4n) is 1.47. The van der Waals surface area contributed by atoms with Gasteiger partial charge in [0.2, 0.25) is 6.33 Å². The predicted octanol–water partition coefficient (Wildman–Crippen LogP) is 0.962. The summed E-state index contributed by atoms with van der Waals surface area (Å²) in [4.78, 5) is 25.2. The first-order valence-electron chi connectivity index (χ1n) is 4.87. The lowest BCUT2D eigenvalue weighted by Crippen LogP contribution is -2.10. The minimum Gasteiger partial charge on any atom is -0.465 e. The van der Waals surface area contributed by atoms with E-state index in [-0.39, 0.29) is 11.3 Å². The van der Waals surface area contributed by atoms with Crippen molar-refractivity contribution >= 4 is 11.9 Å².